The predicted molar refractivity (Wildman–Crippen MR) is 115 cm³/mol. The van der Waals surface area contributed by atoms with E-state index in [0.29, 0.717) is 17.0 Å². The zero-order chi connectivity index (χ0) is 22.7. The van der Waals surface area contributed by atoms with Crippen LogP contribution in [0.5, 0.6) is 5.75 Å². The maximum Gasteiger partial charge on any atom is 0.309 e. The van der Waals surface area contributed by atoms with Gasteiger partial charge in [0.15, 0.2) is 11.5 Å². The van der Waals surface area contributed by atoms with Gasteiger partial charge in [0.2, 0.25) is 0 Å². The summed E-state index contributed by atoms with van der Waals surface area (Å²) < 4.78 is 9.99. The van der Waals surface area contributed by atoms with Gasteiger partial charge in [-0.05, 0) is 35.4 Å². The van der Waals surface area contributed by atoms with Crippen LogP contribution in [0.4, 0.5) is 5.69 Å². The first-order valence-electron chi connectivity index (χ1n) is 9.89. The summed E-state index contributed by atoms with van der Waals surface area (Å²) >= 11 is 0. The van der Waals surface area contributed by atoms with Crippen molar-refractivity contribution in [2.45, 2.75) is 26.3 Å². The quantitative estimate of drug-likeness (QED) is 0.685. The predicted octanol–water partition coefficient (Wildman–Crippen LogP) is 3.54. The van der Waals surface area contributed by atoms with E-state index in [0.717, 1.165) is 5.56 Å². The van der Waals surface area contributed by atoms with Crippen molar-refractivity contribution in [3.63, 3.8) is 0 Å². The van der Waals surface area contributed by atoms with Crippen LogP contribution in [0.1, 0.15) is 31.0 Å². The summed E-state index contributed by atoms with van der Waals surface area (Å²) in [6, 6.07) is 13.0. The van der Waals surface area contributed by atoms with Crippen molar-refractivity contribution in [3.8, 4) is 5.75 Å². The standard InChI is InChI=1S/C24H25NO6/c1-14(2)22(27)20-21(16-6-5-7-18(13-16)30-3)25(24(29)23(20)28)17-10-8-15(9-11-17)12-19(26)31-4/h5-11,13-14,21,28H,12H2,1-4H3. The lowest BCUT2D eigenvalue weighted by Crippen LogP contribution is -2.31. The minimum Gasteiger partial charge on any atom is -0.503 e. The number of ether oxygens (including phenoxy) is 2. The number of Topliss-reactive ketones (excluding diaryl/α,β-unsaturated/α-hetero) is 1. The third-order valence-corrected chi connectivity index (χ3v) is 5.20. The summed E-state index contributed by atoms with van der Waals surface area (Å²) in [5.74, 6) is -1.71. The molecule has 162 valence electrons. The van der Waals surface area contributed by atoms with Crippen LogP contribution in [-0.4, -0.2) is 37.0 Å². The number of rotatable bonds is 7. The van der Waals surface area contributed by atoms with Crippen LogP contribution in [0.3, 0.4) is 0 Å². The first kappa shape index (κ1) is 22.1. The largest absolute Gasteiger partial charge is 0.503 e. The Morgan fingerprint density at radius 2 is 1.77 bits per heavy atom. The molecule has 1 heterocycles. The molecule has 7 heteroatoms. The molecule has 2 aromatic rings. The van der Waals surface area contributed by atoms with Gasteiger partial charge in [0.1, 0.15) is 5.75 Å². The van der Waals surface area contributed by atoms with E-state index in [-0.39, 0.29) is 23.7 Å². The number of esters is 1. The van der Waals surface area contributed by atoms with Gasteiger partial charge < -0.3 is 14.6 Å². The van der Waals surface area contributed by atoms with E-state index in [1.54, 1.807) is 62.4 Å². The Kier molecular flexibility index (Phi) is 6.44. The number of amides is 1. The lowest BCUT2D eigenvalue weighted by molar-refractivity contribution is -0.139. The molecule has 0 aliphatic carbocycles. The summed E-state index contributed by atoms with van der Waals surface area (Å²) in [7, 11) is 2.85. The molecule has 0 saturated heterocycles. The summed E-state index contributed by atoms with van der Waals surface area (Å²) in [5.41, 5.74) is 1.91. The van der Waals surface area contributed by atoms with Gasteiger partial charge >= 0.3 is 5.97 Å². The smallest absolute Gasteiger partial charge is 0.309 e. The molecule has 0 bridgehead atoms. The number of ketones is 1. The second-order valence-electron chi connectivity index (χ2n) is 7.55. The SMILES string of the molecule is COC(=O)Cc1ccc(N2C(=O)C(O)=C(C(=O)C(C)C)C2c2cccc(OC)c2)cc1. The van der Waals surface area contributed by atoms with Crippen LogP contribution in [-0.2, 0) is 25.5 Å². The zero-order valence-electron chi connectivity index (χ0n) is 17.9. The van der Waals surface area contributed by atoms with E-state index in [9.17, 15) is 19.5 Å². The van der Waals surface area contributed by atoms with Gasteiger partial charge in [-0.1, -0.05) is 38.1 Å². The van der Waals surface area contributed by atoms with Crippen molar-refractivity contribution in [3.05, 3.63) is 71.0 Å². The van der Waals surface area contributed by atoms with E-state index in [4.69, 9.17) is 4.74 Å². The number of aliphatic hydroxyl groups excluding tert-OH is 1. The Bertz CT molecular complexity index is 1040. The number of methoxy groups -OCH3 is 2. The topological polar surface area (TPSA) is 93.1 Å². The van der Waals surface area contributed by atoms with Gasteiger partial charge in [-0.2, -0.15) is 0 Å². The van der Waals surface area contributed by atoms with Crippen molar-refractivity contribution in [1.82, 2.24) is 0 Å². The zero-order valence-corrected chi connectivity index (χ0v) is 17.9. The average molecular weight is 423 g/mol. The maximum atomic E-state index is 13.1. The molecule has 2 aromatic carbocycles. The number of anilines is 1. The molecule has 1 amide bonds. The number of aliphatic hydroxyl groups is 1. The summed E-state index contributed by atoms with van der Waals surface area (Å²) in [6.45, 7) is 3.44. The van der Waals surface area contributed by atoms with Gasteiger partial charge in [-0.3, -0.25) is 19.3 Å². The number of nitrogens with zero attached hydrogens (tertiary/aromatic N) is 1. The van der Waals surface area contributed by atoms with Crippen molar-refractivity contribution < 1.29 is 29.0 Å². The monoisotopic (exact) mass is 423 g/mol. The average Bonchev–Trinajstić information content (AvgIpc) is 3.04. The molecule has 0 aromatic heterocycles. The van der Waals surface area contributed by atoms with Crippen LogP contribution < -0.4 is 9.64 Å². The Hall–Kier alpha value is -3.61. The van der Waals surface area contributed by atoms with Crippen molar-refractivity contribution in [2.24, 2.45) is 5.92 Å². The maximum absolute atomic E-state index is 13.1. The number of hydrogen-bond acceptors (Lipinski definition) is 6. The highest BCUT2D eigenvalue weighted by molar-refractivity contribution is 6.16. The molecule has 31 heavy (non-hydrogen) atoms. The van der Waals surface area contributed by atoms with Crippen LogP contribution in [0.15, 0.2) is 59.9 Å². The number of hydrogen-bond donors (Lipinski definition) is 1. The molecule has 0 radical (unpaired) electrons. The van der Waals surface area contributed by atoms with Crippen molar-refractivity contribution >= 4 is 23.3 Å². The Morgan fingerprint density at radius 1 is 1.10 bits per heavy atom. The van der Waals surface area contributed by atoms with Crippen LogP contribution >= 0.6 is 0 Å². The highest BCUT2D eigenvalue weighted by atomic mass is 16.5. The lowest BCUT2D eigenvalue weighted by Gasteiger charge is -2.27. The molecule has 0 fully saturated rings. The summed E-state index contributed by atoms with van der Waals surface area (Å²) in [6.07, 6.45) is 0.102. The van der Waals surface area contributed by atoms with Gasteiger partial charge in [0.05, 0.1) is 32.3 Å². The van der Waals surface area contributed by atoms with Crippen molar-refractivity contribution in [1.29, 1.82) is 0 Å². The summed E-state index contributed by atoms with van der Waals surface area (Å²) in [5, 5.41) is 10.6. The fraction of sp³-hybridized carbons (Fsp3) is 0.292. The van der Waals surface area contributed by atoms with E-state index in [2.05, 4.69) is 4.74 Å². The first-order chi connectivity index (χ1) is 14.8. The van der Waals surface area contributed by atoms with Crippen molar-refractivity contribution in [2.75, 3.05) is 19.1 Å². The molecule has 7 nitrogen and oxygen atoms in total. The highest BCUT2D eigenvalue weighted by Gasteiger charge is 2.44. The van der Waals surface area contributed by atoms with E-state index >= 15 is 0 Å². The fourth-order valence-electron chi connectivity index (χ4n) is 3.57. The number of benzene rings is 2. The van der Waals surface area contributed by atoms with Crippen LogP contribution in [0, 0.1) is 5.92 Å². The summed E-state index contributed by atoms with van der Waals surface area (Å²) in [4.78, 5) is 38.9. The number of carbonyl (C=O) groups excluding carboxylic acids is 3. The van der Waals surface area contributed by atoms with E-state index in [1.165, 1.54) is 19.1 Å². The van der Waals surface area contributed by atoms with Gasteiger partial charge in [0.25, 0.3) is 5.91 Å². The number of carbonyl (C=O) groups is 3. The second kappa shape index (κ2) is 9.04. The van der Waals surface area contributed by atoms with Crippen LogP contribution in [0.2, 0.25) is 0 Å². The molecule has 1 unspecified atom stereocenters. The van der Waals surface area contributed by atoms with E-state index < -0.39 is 23.6 Å². The Balaban J connectivity index is 2.08. The molecule has 0 saturated carbocycles. The normalized spacial score (nSPS) is 16.1. The third kappa shape index (κ3) is 4.30. The minimum atomic E-state index is -0.802. The molecule has 0 spiro atoms. The minimum absolute atomic E-state index is 0.0619. The van der Waals surface area contributed by atoms with Gasteiger partial charge in [-0.25, -0.2) is 0 Å². The molecule has 1 N–H and O–H groups in total. The first-order valence-corrected chi connectivity index (χ1v) is 9.89. The van der Waals surface area contributed by atoms with Gasteiger partial charge in [0, 0.05) is 11.6 Å². The highest BCUT2D eigenvalue weighted by Crippen LogP contribution is 2.42. The van der Waals surface area contributed by atoms with Gasteiger partial charge in [-0.15, -0.1) is 0 Å². The van der Waals surface area contributed by atoms with E-state index in [1.807, 2.05) is 0 Å². The fourth-order valence-corrected chi connectivity index (χ4v) is 3.57. The molecular weight excluding hydrogens is 398 g/mol. The molecule has 3 rings (SSSR count). The Morgan fingerprint density at radius 3 is 2.35 bits per heavy atom. The molecule has 1 aliphatic rings. The molecular formula is C24H25NO6. The van der Waals surface area contributed by atoms with Crippen LogP contribution in [0.25, 0.3) is 0 Å². The molecule has 1 atom stereocenters. The molecule has 1 aliphatic heterocycles. The third-order valence-electron chi connectivity index (χ3n) is 5.20. The lowest BCUT2D eigenvalue weighted by atomic mass is 9.91. The second-order valence-corrected chi connectivity index (χ2v) is 7.55. The Labute approximate surface area is 180 Å².